The van der Waals surface area contributed by atoms with Crippen LogP contribution in [0.1, 0.15) is 63.8 Å². The summed E-state index contributed by atoms with van der Waals surface area (Å²) < 4.78 is 0.219. The van der Waals surface area contributed by atoms with E-state index in [2.05, 4.69) is 130 Å². The minimum atomic E-state index is -1.98. The number of aryl methyl sites for hydroxylation is 2. The van der Waals surface area contributed by atoms with Crippen LogP contribution in [0.2, 0.25) is 31.2 Å². The standard InChI is InChI=1S/C28H46Si2/c1-22-17-16-18-23(2)25(22)28(26(3,4)5,29(9,10)11)30(12,27(6,7)8)21-24-19-14-13-15-20-24/h13-20H,21H2,1-12H3. The molecule has 0 saturated heterocycles. The number of hydrogen-bond donors (Lipinski definition) is 0. The Bertz CT molecular complexity index is 826. The molecule has 0 aliphatic carbocycles. The molecule has 0 aliphatic heterocycles. The summed E-state index contributed by atoms with van der Waals surface area (Å²) in [5.74, 6) is 0. The fourth-order valence-electron chi connectivity index (χ4n) is 7.18. The molecular weight excluding hydrogens is 392 g/mol. The molecule has 2 atom stereocenters. The molecule has 30 heavy (non-hydrogen) atoms. The molecular formula is C28H46Si2. The van der Waals surface area contributed by atoms with E-state index in [0.29, 0.717) is 0 Å². The summed E-state index contributed by atoms with van der Waals surface area (Å²) in [5.41, 5.74) is 6.35. The van der Waals surface area contributed by atoms with Crippen LogP contribution in [0.3, 0.4) is 0 Å². The normalized spacial score (nSPS) is 17.3. The first kappa shape index (κ1) is 25.1. The summed E-state index contributed by atoms with van der Waals surface area (Å²) in [5, 5.41) is 0.269. The van der Waals surface area contributed by atoms with Gasteiger partial charge in [0.25, 0.3) is 0 Å². The summed E-state index contributed by atoms with van der Waals surface area (Å²) in [7, 11) is -3.70. The third-order valence-corrected chi connectivity index (χ3v) is 22.2. The van der Waals surface area contributed by atoms with Gasteiger partial charge in [0, 0.05) is 0 Å². The average Bonchev–Trinajstić information content (AvgIpc) is 2.55. The summed E-state index contributed by atoms with van der Waals surface area (Å²) in [6, 6.07) is 19.5. The molecule has 0 aromatic heterocycles. The van der Waals surface area contributed by atoms with Gasteiger partial charge in [0.1, 0.15) is 0 Å². The molecule has 0 amide bonds. The Morgan fingerprint density at radius 2 is 1.13 bits per heavy atom. The van der Waals surface area contributed by atoms with Gasteiger partial charge in [0.15, 0.2) is 0 Å². The Balaban J connectivity index is 3.09. The van der Waals surface area contributed by atoms with E-state index in [1.165, 1.54) is 22.7 Å². The van der Waals surface area contributed by atoms with Gasteiger partial charge in [-0.1, -0.05) is 122 Å². The van der Waals surface area contributed by atoms with E-state index >= 15 is 0 Å². The van der Waals surface area contributed by atoms with Crippen molar-refractivity contribution in [3.05, 3.63) is 70.8 Å². The number of hydrogen-bond acceptors (Lipinski definition) is 0. The van der Waals surface area contributed by atoms with Gasteiger partial charge in [-0.25, -0.2) is 0 Å². The van der Waals surface area contributed by atoms with Gasteiger partial charge in [-0.15, -0.1) is 0 Å². The summed E-state index contributed by atoms with van der Waals surface area (Å²) in [4.78, 5) is 0. The molecule has 0 saturated carbocycles. The van der Waals surface area contributed by atoms with Gasteiger partial charge >= 0.3 is 0 Å². The lowest BCUT2D eigenvalue weighted by Gasteiger charge is -2.67. The predicted octanol–water partition coefficient (Wildman–Crippen LogP) is 8.66. The van der Waals surface area contributed by atoms with E-state index < -0.39 is 16.1 Å². The van der Waals surface area contributed by atoms with Crippen molar-refractivity contribution in [1.29, 1.82) is 0 Å². The van der Waals surface area contributed by atoms with Crippen molar-refractivity contribution >= 4 is 16.1 Å². The topological polar surface area (TPSA) is 0 Å². The molecule has 2 heteroatoms. The first-order chi connectivity index (χ1) is 13.5. The van der Waals surface area contributed by atoms with Crippen LogP contribution in [-0.4, -0.2) is 16.1 Å². The predicted molar refractivity (Wildman–Crippen MR) is 142 cm³/mol. The zero-order valence-corrected chi connectivity index (χ0v) is 23.8. The van der Waals surface area contributed by atoms with Crippen LogP contribution in [0.4, 0.5) is 0 Å². The lowest BCUT2D eigenvalue weighted by atomic mass is 9.82. The minimum Gasteiger partial charge on any atom is -0.0691 e. The number of rotatable bonds is 5. The van der Waals surface area contributed by atoms with Crippen molar-refractivity contribution in [2.24, 2.45) is 5.41 Å². The second-order valence-corrected chi connectivity index (χ2v) is 23.8. The first-order valence-corrected chi connectivity index (χ1v) is 17.8. The SMILES string of the molecule is Cc1cccc(C)c1C(C(C)(C)C)([Si](C)(C)C)[Si](C)(Cc1ccccc1)C(C)(C)C. The monoisotopic (exact) mass is 438 g/mol. The zero-order chi connectivity index (χ0) is 23.2. The van der Waals surface area contributed by atoms with E-state index in [0.717, 1.165) is 0 Å². The molecule has 0 fully saturated rings. The summed E-state index contributed by atoms with van der Waals surface area (Å²) in [6.07, 6.45) is 0. The largest absolute Gasteiger partial charge is 0.0691 e. The van der Waals surface area contributed by atoms with E-state index in [1.807, 2.05) is 0 Å². The highest BCUT2D eigenvalue weighted by Gasteiger charge is 2.67. The van der Waals surface area contributed by atoms with Gasteiger partial charge in [0.05, 0.1) is 16.1 Å². The highest BCUT2D eigenvalue weighted by atomic mass is 28.4. The molecule has 0 aliphatic rings. The fraction of sp³-hybridized carbons (Fsp3) is 0.571. The molecule has 0 heterocycles. The Hall–Kier alpha value is -1.13. The van der Waals surface area contributed by atoms with E-state index in [1.54, 1.807) is 5.56 Å². The van der Waals surface area contributed by atoms with Crippen molar-refractivity contribution in [1.82, 2.24) is 0 Å². The van der Waals surface area contributed by atoms with Crippen molar-refractivity contribution in [3.63, 3.8) is 0 Å². The molecule has 0 bridgehead atoms. The molecule has 166 valence electrons. The lowest BCUT2D eigenvalue weighted by molar-refractivity contribution is 0.321. The van der Waals surface area contributed by atoms with Crippen LogP contribution in [0.5, 0.6) is 0 Å². The van der Waals surface area contributed by atoms with E-state index in [9.17, 15) is 0 Å². The fourth-order valence-corrected chi connectivity index (χ4v) is 24.2. The van der Waals surface area contributed by atoms with Crippen LogP contribution in [-0.2, 0) is 10.7 Å². The average molecular weight is 439 g/mol. The van der Waals surface area contributed by atoms with Gasteiger partial charge < -0.3 is 0 Å². The number of benzene rings is 2. The molecule has 2 aromatic rings. The van der Waals surface area contributed by atoms with Crippen molar-refractivity contribution in [2.45, 2.75) is 97.3 Å². The maximum absolute atomic E-state index is 2.75. The lowest BCUT2D eigenvalue weighted by Crippen LogP contribution is -2.76. The van der Waals surface area contributed by atoms with Crippen molar-refractivity contribution in [3.8, 4) is 0 Å². The Labute approximate surface area is 189 Å². The maximum Gasteiger partial charge on any atom is 0.0691 e. The molecule has 0 N–H and O–H groups in total. The third-order valence-electron chi connectivity index (χ3n) is 7.99. The van der Waals surface area contributed by atoms with Gasteiger partial charge in [-0.05, 0) is 51.7 Å². The first-order valence-electron chi connectivity index (χ1n) is 11.6. The Morgan fingerprint density at radius 3 is 1.50 bits per heavy atom. The molecule has 0 radical (unpaired) electrons. The summed E-state index contributed by atoms with van der Waals surface area (Å²) >= 11 is 0. The molecule has 0 spiro atoms. The van der Waals surface area contributed by atoms with Crippen LogP contribution >= 0.6 is 0 Å². The maximum atomic E-state index is 2.75. The van der Waals surface area contributed by atoms with Crippen molar-refractivity contribution in [2.75, 3.05) is 0 Å². The van der Waals surface area contributed by atoms with Crippen LogP contribution in [0, 0.1) is 19.3 Å². The van der Waals surface area contributed by atoms with Crippen molar-refractivity contribution < 1.29 is 0 Å². The highest BCUT2D eigenvalue weighted by molar-refractivity contribution is 7.00. The quantitative estimate of drug-likeness (QED) is 0.409. The van der Waals surface area contributed by atoms with Gasteiger partial charge in [0.2, 0.25) is 0 Å². The van der Waals surface area contributed by atoms with Crippen LogP contribution < -0.4 is 0 Å². The van der Waals surface area contributed by atoms with Crippen LogP contribution in [0.25, 0.3) is 0 Å². The Kier molecular flexibility index (Phi) is 6.78. The molecule has 2 unspecified atom stereocenters. The molecule has 0 nitrogen and oxygen atoms in total. The van der Waals surface area contributed by atoms with E-state index in [4.69, 9.17) is 0 Å². The summed E-state index contributed by atoms with van der Waals surface area (Å²) in [6.45, 7) is 30.6. The van der Waals surface area contributed by atoms with Crippen LogP contribution in [0.15, 0.2) is 48.5 Å². The second-order valence-electron chi connectivity index (χ2n) is 12.8. The molecule has 2 aromatic carbocycles. The smallest absolute Gasteiger partial charge is 0.0691 e. The van der Waals surface area contributed by atoms with E-state index in [-0.39, 0.29) is 15.1 Å². The zero-order valence-electron chi connectivity index (χ0n) is 21.8. The second kappa shape index (κ2) is 8.09. The highest BCUT2D eigenvalue weighted by Crippen LogP contribution is 2.62. The Morgan fingerprint density at radius 1 is 0.667 bits per heavy atom. The van der Waals surface area contributed by atoms with Gasteiger partial charge in [-0.2, -0.15) is 0 Å². The third kappa shape index (κ3) is 3.91. The minimum absolute atomic E-state index is 0.178. The van der Waals surface area contributed by atoms with Gasteiger partial charge in [-0.3, -0.25) is 0 Å². The molecule has 2 rings (SSSR count).